The van der Waals surface area contributed by atoms with Crippen molar-refractivity contribution in [2.24, 2.45) is 0 Å². The van der Waals surface area contributed by atoms with E-state index in [0.29, 0.717) is 42.7 Å². The van der Waals surface area contributed by atoms with Gasteiger partial charge in [0.1, 0.15) is 5.60 Å². The molecule has 0 spiro atoms. The Kier molecular flexibility index (Phi) is 10.5. The van der Waals surface area contributed by atoms with Gasteiger partial charge in [0.2, 0.25) is 5.91 Å². The van der Waals surface area contributed by atoms with E-state index in [-0.39, 0.29) is 11.8 Å². The van der Waals surface area contributed by atoms with Crippen LogP contribution in [0.5, 0.6) is 0 Å². The summed E-state index contributed by atoms with van der Waals surface area (Å²) in [6, 6.07) is 22.1. The van der Waals surface area contributed by atoms with Crippen LogP contribution >= 0.6 is 0 Å². The van der Waals surface area contributed by atoms with Crippen LogP contribution in [0.2, 0.25) is 0 Å². The summed E-state index contributed by atoms with van der Waals surface area (Å²) in [7, 11) is 0. The number of hydrazine groups is 1. The molecule has 3 aromatic carbocycles. The molecular formula is C30H37N5O4. The fraction of sp³-hybridized carbons (Fsp3) is 0.300. The van der Waals surface area contributed by atoms with Crippen molar-refractivity contribution in [3.63, 3.8) is 0 Å². The summed E-state index contributed by atoms with van der Waals surface area (Å²) in [4.78, 5) is 36.5. The highest BCUT2D eigenvalue weighted by molar-refractivity contribution is 6.05. The molecule has 206 valence electrons. The molecule has 0 fully saturated rings. The quantitative estimate of drug-likeness (QED) is 0.133. The molecule has 0 radical (unpaired) electrons. The van der Waals surface area contributed by atoms with Crippen molar-refractivity contribution < 1.29 is 19.1 Å². The fourth-order valence-corrected chi connectivity index (χ4v) is 3.70. The molecule has 3 rings (SSSR count). The standard InChI is InChI=1S/C30H37N5O4/c1-30(2,3)39-29(38)35-32-20-19-22-13-17-24(18-14-22)33-27(36)10-6-7-21-11-15-23(16-12-21)28(37)34-26-9-5-4-8-25(26)31/h4-5,8-9,11-18,32H,6-7,10,19-20,31H2,1-3H3,(H,33,36)(H,34,37)(H,35,38). The van der Waals surface area contributed by atoms with Gasteiger partial charge in [0, 0.05) is 24.2 Å². The molecule has 3 amide bonds. The summed E-state index contributed by atoms with van der Waals surface area (Å²) in [5, 5.41) is 5.73. The number of amides is 3. The van der Waals surface area contributed by atoms with Crippen molar-refractivity contribution in [2.75, 3.05) is 22.9 Å². The van der Waals surface area contributed by atoms with Gasteiger partial charge in [0.05, 0.1) is 11.4 Å². The molecule has 39 heavy (non-hydrogen) atoms. The van der Waals surface area contributed by atoms with Crippen LogP contribution in [0.3, 0.4) is 0 Å². The highest BCUT2D eigenvalue weighted by atomic mass is 16.6. The van der Waals surface area contributed by atoms with Gasteiger partial charge < -0.3 is 21.1 Å². The van der Waals surface area contributed by atoms with Crippen LogP contribution in [0.1, 0.15) is 55.1 Å². The van der Waals surface area contributed by atoms with Crippen molar-refractivity contribution in [3.8, 4) is 0 Å². The normalized spacial score (nSPS) is 10.9. The monoisotopic (exact) mass is 531 g/mol. The molecule has 0 unspecified atom stereocenters. The lowest BCUT2D eigenvalue weighted by Crippen LogP contribution is -2.41. The number of benzene rings is 3. The van der Waals surface area contributed by atoms with Crippen molar-refractivity contribution in [1.82, 2.24) is 10.9 Å². The maximum absolute atomic E-state index is 12.5. The number of aryl methyl sites for hydroxylation is 1. The maximum Gasteiger partial charge on any atom is 0.422 e. The van der Waals surface area contributed by atoms with Crippen LogP contribution in [0, 0.1) is 0 Å². The molecule has 0 aromatic heterocycles. The lowest BCUT2D eigenvalue weighted by atomic mass is 10.1. The third-order valence-corrected chi connectivity index (χ3v) is 5.66. The molecule has 0 aliphatic carbocycles. The lowest BCUT2D eigenvalue weighted by Gasteiger charge is -2.19. The second-order valence-electron chi connectivity index (χ2n) is 10.1. The lowest BCUT2D eigenvalue weighted by molar-refractivity contribution is -0.116. The van der Waals surface area contributed by atoms with E-state index in [1.807, 2.05) is 48.5 Å². The van der Waals surface area contributed by atoms with Gasteiger partial charge in [-0.3, -0.25) is 15.0 Å². The topological polar surface area (TPSA) is 135 Å². The zero-order valence-electron chi connectivity index (χ0n) is 22.7. The van der Waals surface area contributed by atoms with Gasteiger partial charge in [-0.1, -0.05) is 36.4 Å². The Bertz CT molecular complexity index is 1250. The van der Waals surface area contributed by atoms with Crippen LogP contribution < -0.4 is 27.2 Å². The Labute approximate surface area is 229 Å². The van der Waals surface area contributed by atoms with E-state index in [0.717, 1.165) is 23.2 Å². The molecule has 9 heteroatoms. The molecule has 3 aromatic rings. The summed E-state index contributed by atoms with van der Waals surface area (Å²) in [6.45, 7) is 5.95. The summed E-state index contributed by atoms with van der Waals surface area (Å²) in [6.07, 6.45) is 1.98. The number of carbonyl (C=O) groups excluding carboxylic acids is 3. The summed E-state index contributed by atoms with van der Waals surface area (Å²) >= 11 is 0. The van der Waals surface area contributed by atoms with Gasteiger partial charge >= 0.3 is 6.09 Å². The number of rotatable bonds is 11. The van der Waals surface area contributed by atoms with Crippen LogP contribution in [-0.4, -0.2) is 30.1 Å². The number of ether oxygens (including phenoxy) is 1. The van der Waals surface area contributed by atoms with E-state index in [1.54, 1.807) is 45.0 Å². The summed E-state index contributed by atoms with van der Waals surface area (Å²) < 4.78 is 5.16. The minimum atomic E-state index is -0.546. The summed E-state index contributed by atoms with van der Waals surface area (Å²) in [5.41, 5.74) is 15.2. The zero-order chi connectivity index (χ0) is 28.3. The van der Waals surface area contributed by atoms with Crippen LogP contribution in [0.25, 0.3) is 0 Å². The molecule has 6 N–H and O–H groups in total. The third kappa shape index (κ3) is 10.5. The van der Waals surface area contributed by atoms with Crippen LogP contribution in [-0.2, 0) is 22.4 Å². The molecule has 0 bridgehead atoms. The van der Waals surface area contributed by atoms with Gasteiger partial charge in [-0.2, -0.15) is 0 Å². The first kappa shape index (κ1) is 29.2. The van der Waals surface area contributed by atoms with E-state index in [1.165, 1.54) is 0 Å². The Morgan fingerprint density at radius 1 is 0.821 bits per heavy atom. The number of carbonyl (C=O) groups is 3. The highest BCUT2D eigenvalue weighted by Crippen LogP contribution is 2.18. The smallest absolute Gasteiger partial charge is 0.422 e. The molecule has 9 nitrogen and oxygen atoms in total. The van der Waals surface area contributed by atoms with Crippen LogP contribution in [0.4, 0.5) is 21.9 Å². The molecule has 0 saturated heterocycles. The zero-order valence-corrected chi connectivity index (χ0v) is 22.7. The average Bonchev–Trinajstić information content (AvgIpc) is 2.88. The predicted octanol–water partition coefficient (Wildman–Crippen LogP) is 5.05. The van der Waals surface area contributed by atoms with Gasteiger partial charge in [-0.15, -0.1) is 0 Å². The van der Waals surface area contributed by atoms with E-state index in [4.69, 9.17) is 10.5 Å². The number of hydrogen-bond acceptors (Lipinski definition) is 6. The SMILES string of the molecule is CC(C)(C)OC(=O)NNCCc1ccc(NC(=O)CCCc2ccc(C(=O)Nc3ccccc3N)cc2)cc1. The van der Waals surface area contributed by atoms with Gasteiger partial charge in [0.15, 0.2) is 0 Å². The van der Waals surface area contributed by atoms with Crippen molar-refractivity contribution in [3.05, 3.63) is 89.5 Å². The molecule has 0 saturated carbocycles. The summed E-state index contributed by atoms with van der Waals surface area (Å²) in [5.74, 6) is -0.277. The predicted molar refractivity (Wildman–Crippen MR) is 154 cm³/mol. The average molecular weight is 532 g/mol. The number of nitrogens with one attached hydrogen (secondary N) is 4. The van der Waals surface area contributed by atoms with Gasteiger partial charge in [-0.25, -0.2) is 10.2 Å². The fourth-order valence-electron chi connectivity index (χ4n) is 3.70. The number of anilines is 3. The van der Waals surface area contributed by atoms with Crippen LogP contribution in [0.15, 0.2) is 72.8 Å². The minimum Gasteiger partial charge on any atom is -0.443 e. The Morgan fingerprint density at radius 2 is 1.46 bits per heavy atom. The van der Waals surface area contributed by atoms with Crippen molar-refractivity contribution in [2.45, 2.75) is 52.1 Å². The number of para-hydroxylation sites is 2. The molecule has 0 aliphatic heterocycles. The second kappa shape index (κ2) is 14.0. The van der Waals surface area contributed by atoms with Crippen molar-refractivity contribution in [1.29, 1.82) is 0 Å². The Hall–Kier alpha value is -4.37. The third-order valence-electron chi connectivity index (χ3n) is 5.66. The first-order valence-corrected chi connectivity index (χ1v) is 12.9. The Balaban J connectivity index is 1.34. The number of nitrogen functional groups attached to an aromatic ring is 1. The van der Waals surface area contributed by atoms with E-state index >= 15 is 0 Å². The maximum atomic E-state index is 12.5. The minimum absolute atomic E-state index is 0.0533. The van der Waals surface area contributed by atoms with E-state index in [9.17, 15) is 14.4 Å². The number of hydrogen-bond donors (Lipinski definition) is 5. The Morgan fingerprint density at radius 3 is 2.13 bits per heavy atom. The first-order valence-electron chi connectivity index (χ1n) is 12.9. The highest BCUT2D eigenvalue weighted by Gasteiger charge is 2.15. The largest absolute Gasteiger partial charge is 0.443 e. The first-order chi connectivity index (χ1) is 18.6. The van der Waals surface area contributed by atoms with E-state index in [2.05, 4.69) is 21.5 Å². The van der Waals surface area contributed by atoms with Gasteiger partial charge in [-0.05, 0) is 87.6 Å². The number of nitrogens with two attached hydrogens (primary N) is 1. The molecule has 0 aliphatic rings. The molecule has 0 atom stereocenters. The molecular weight excluding hydrogens is 494 g/mol. The van der Waals surface area contributed by atoms with Gasteiger partial charge in [0.25, 0.3) is 5.91 Å². The van der Waals surface area contributed by atoms with Crippen molar-refractivity contribution >= 4 is 35.0 Å². The second-order valence-corrected chi connectivity index (χ2v) is 10.1. The molecule has 0 heterocycles. The van der Waals surface area contributed by atoms with E-state index < -0.39 is 11.7 Å².